The summed E-state index contributed by atoms with van der Waals surface area (Å²) in [5, 5.41) is 7.77. The number of nitrogens with zero attached hydrogens (tertiary/aromatic N) is 2. The Hall–Kier alpha value is -1.26. The fourth-order valence-electron chi connectivity index (χ4n) is 2.33. The molecule has 0 aliphatic carbocycles. The van der Waals surface area contributed by atoms with Crippen molar-refractivity contribution in [3.8, 4) is 0 Å². The Morgan fingerprint density at radius 3 is 2.33 bits per heavy atom. The summed E-state index contributed by atoms with van der Waals surface area (Å²) >= 11 is 1.49. The molecule has 0 amide bonds. The lowest BCUT2D eigenvalue weighted by Gasteiger charge is -2.22. The second-order valence-corrected chi connectivity index (χ2v) is 7.27. The maximum atomic E-state index is 4.16. The molecule has 2 aromatic rings. The highest BCUT2D eigenvalue weighted by Gasteiger charge is 2.20. The zero-order chi connectivity index (χ0) is 15.5. The predicted octanol–water partition coefficient (Wildman–Crippen LogP) is 4.23. The molecule has 0 spiro atoms. The molecular weight excluding hydrogens is 278 g/mol. The van der Waals surface area contributed by atoms with E-state index in [0.29, 0.717) is 0 Å². The Morgan fingerprint density at radius 1 is 1.19 bits per heavy atom. The number of nitrogens with one attached hydrogen (secondary N) is 1. The minimum absolute atomic E-state index is 0.187. The summed E-state index contributed by atoms with van der Waals surface area (Å²) in [6, 6.07) is 9.12. The van der Waals surface area contributed by atoms with Gasteiger partial charge in [0.05, 0.1) is 16.6 Å². The van der Waals surface area contributed by atoms with Crippen molar-refractivity contribution in [1.29, 1.82) is 0 Å². The second kappa shape index (κ2) is 6.67. The van der Waals surface area contributed by atoms with Gasteiger partial charge in [-0.3, -0.25) is 0 Å². The SMILES string of the molecule is CCCNC(c1ccc(C(C)(C)C)cc1)c1snnc1C. The van der Waals surface area contributed by atoms with Crippen LogP contribution in [-0.2, 0) is 5.41 Å². The third-order valence-electron chi connectivity index (χ3n) is 3.66. The average Bonchev–Trinajstić information content (AvgIpc) is 2.85. The smallest absolute Gasteiger partial charge is 0.0776 e. The Kier molecular flexibility index (Phi) is 5.12. The molecule has 21 heavy (non-hydrogen) atoms. The number of hydrogen-bond donors (Lipinski definition) is 1. The topological polar surface area (TPSA) is 37.8 Å². The Bertz CT molecular complexity index is 566. The van der Waals surface area contributed by atoms with Crippen molar-refractivity contribution in [2.75, 3.05) is 6.54 Å². The van der Waals surface area contributed by atoms with Crippen LogP contribution in [0.15, 0.2) is 24.3 Å². The molecule has 4 heteroatoms. The van der Waals surface area contributed by atoms with Gasteiger partial charge in [0.2, 0.25) is 0 Å². The van der Waals surface area contributed by atoms with Crippen molar-refractivity contribution in [2.45, 2.75) is 52.5 Å². The predicted molar refractivity (Wildman–Crippen MR) is 89.9 cm³/mol. The molecule has 0 aliphatic rings. The van der Waals surface area contributed by atoms with Gasteiger partial charge in [-0.1, -0.05) is 56.4 Å². The number of aryl methyl sites for hydroxylation is 1. The van der Waals surface area contributed by atoms with Gasteiger partial charge in [-0.15, -0.1) is 5.10 Å². The molecule has 114 valence electrons. The van der Waals surface area contributed by atoms with Crippen molar-refractivity contribution in [3.63, 3.8) is 0 Å². The number of hydrogen-bond acceptors (Lipinski definition) is 4. The Balaban J connectivity index is 2.31. The van der Waals surface area contributed by atoms with E-state index >= 15 is 0 Å². The highest BCUT2D eigenvalue weighted by atomic mass is 32.1. The molecule has 1 heterocycles. The molecule has 0 saturated carbocycles. The number of benzene rings is 1. The molecule has 0 aliphatic heterocycles. The van der Waals surface area contributed by atoms with Gasteiger partial charge < -0.3 is 5.32 Å². The largest absolute Gasteiger partial charge is 0.305 e. The van der Waals surface area contributed by atoms with E-state index in [9.17, 15) is 0 Å². The van der Waals surface area contributed by atoms with Gasteiger partial charge in [-0.25, -0.2) is 0 Å². The molecular formula is C17H25N3S. The zero-order valence-electron chi connectivity index (χ0n) is 13.6. The highest BCUT2D eigenvalue weighted by Crippen LogP contribution is 2.29. The summed E-state index contributed by atoms with van der Waals surface area (Å²) in [6.45, 7) is 11.9. The number of rotatable bonds is 5. The first-order valence-electron chi connectivity index (χ1n) is 7.56. The zero-order valence-corrected chi connectivity index (χ0v) is 14.4. The molecule has 0 saturated heterocycles. The van der Waals surface area contributed by atoms with Crippen LogP contribution in [0, 0.1) is 6.92 Å². The standard InChI is InChI=1S/C17H25N3S/c1-6-11-18-15(16-12(2)19-20-21-16)13-7-9-14(10-8-13)17(3,4)5/h7-10,15,18H,6,11H2,1-5H3. The van der Waals surface area contributed by atoms with Crippen LogP contribution >= 0.6 is 11.5 Å². The molecule has 1 atom stereocenters. The molecule has 0 bridgehead atoms. The van der Waals surface area contributed by atoms with E-state index in [1.165, 1.54) is 27.5 Å². The molecule has 0 radical (unpaired) electrons. The molecule has 1 aromatic heterocycles. The first-order chi connectivity index (χ1) is 9.93. The summed E-state index contributed by atoms with van der Waals surface area (Å²) in [7, 11) is 0. The van der Waals surface area contributed by atoms with E-state index in [1.807, 2.05) is 6.92 Å². The lowest BCUT2D eigenvalue weighted by Crippen LogP contribution is -2.23. The Morgan fingerprint density at radius 2 is 1.86 bits per heavy atom. The van der Waals surface area contributed by atoms with Crippen molar-refractivity contribution >= 4 is 11.5 Å². The second-order valence-electron chi connectivity index (χ2n) is 6.48. The quantitative estimate of drug-likeness (QED) is 0.898. The number of aromatic nitrogens is 2. The molecule has 2 rings (SSSR count). The normalized spacial score (nSPS) is 13.4. The summed E-state index contributed by atoms with van der Waals surface area (Å²) in [6.07, 6.45) is 1.11. The third kappa shape index (κ3) is 3.89. The van der Waals surface area contributed by atoms with Gasteiger partial charge in [-0.2, -0.15) is 0 Å². The summed E-state index contributed by atoms with van der Waals surface area (Å²) in [5.41, 5.74) is 3.85. The van der Waals surface area contributed by atoms with E-state index in [0.717, 1.165) is 18.7 Å². The van der Waals surface area contributed by atoms with Crippen LogP contribution in [0.2, 0.25) is 0 Å². The monoisotopic (exact) mass is 303 g/mol. The Labute approximate surface area is 132 Å². The molecule has 3 nitrogen and oxygen atoms in total. The first-order valence-corrected chi connectivity index (χ1v) is 8.33. The van der Waals surface area contributed by atoms with Crippen LogP contribution in [-0.4, -0.2) is 16.1 Å². The van der Waals surface area contributed by atoms with Gasteiger partial charge >= 0.3 is 0 Å². The van der Waals surface area contributed by atoms with E-state index in [-0.39, 0.29) is 11.5 Å². The van der Waals surface area contributed by atoms with Gasteiger partial charge in [-0.05, 0) is 48.0 Å². The fraction of sp³-hybridized carbons (Fsp3) is 0.529. The lowest BCUT2D eigenvalue weighted by atomic mass is 9.86. The highest BCUT2D eigenvalue weighted by molar-refractivity contribution is 7.05. The minimum atomic E-state index is 0.187. The van der Waals surface area contributed by atoms with E-state index in [1.54, 1.807) is 0 Å². The van der Waals surface area contributed by atoms with E-state index in [2.05, 4.69) is 66.9 Å². The van der Waals surface area contributed by atoms with Crippen molar-refractivity contribution in [1.82, 2.24) is 14.9 Å². The summed E-state index contributed by atoms with van der Waals surface area (Å²) in [5.74, 6) is 0. The van der Waals surface area contributed by atoms with E-state index in [4.69, 9.17) is 0 Å². The van der Waals surface area contributed by atoms with E-state index < -0.39 is 0 Å². The van der Waals surface area contributed by atoms with Gasteiger partial charge in [0.15, 0.2) is 0 Å². The van der Waals surface area contributed by atoms with Gasteiger partial charge in [0, 0.05) is 0 Å². The minimum Gasteiger partial charge on any atom is -0.305 e. The third-order valence-corrected chi connectivity index (χ3v) is 4.55. The first kappa shape index (κ1) is 16.1. The molecule has 1 aromatic carbocycles. The average molecular weight is 303 g/mol. The molecule has 0 fully saturated rings. The van der Waals surface area contributed by atoms with Crippen molar-refractivity contribution < 1.29 is 0 Å². The van der Waals surface area contributed by atoms with Crippen LogP contribution in [0.4, 0.5) is 0 Å². The fourth-order valence-corrected chi connectivity index (χ4v) is 3.08. The van der Waals surface area contributed by atoms with Crippen molar-refractivity contribution in [3.05, 3.63) is 46.0 Å². The van der Waals surface area contributed by atoms with Crippen LogP contribution in [0.5, 0.6) is 0 Å². The lowest BCUT2D eigenvalue weighted by molar-refractivity contribution is 0.585. The molecule has 1 unspecified atom stereocenters. The molecule has 1 N–H and O–H groups in total. The van der Waals surface area contributed by atoms with Gasteiger partial charge in [0.25, 0.3) is 0 Å². The van der Waals surface area contributed by atoms with Crippen LogP contribution in [0.1, 0.15) is 61.9 Å². The maximum absolute atomic E-state index is 4.16. The van der Waals surface area contributed by atoms with Gasteiger partial charge in [0.1, 0.15) is 0 Å². The maximum Gasteiger partial charge on any atom is 0.0776 e. The van der Waals surface area contributed by atoms with Crippen LogP contribution in [0.3, 0.4) is 0 Å². The van der Waals surface area contributed by atoms with Crippen LogP contribution < -0.4 is 5.32 Å². The van der Waals surface area contributed by atoms with Crippen LogP contribution in [0.25, 0.3) is 0 Å². The summed E-state index contributed by atoms with van der Waals surface area (Å²) in [4.78, 5) is 1.21. The summed E-state index contributed by atoms with van der Waals surface area (Å²) < 4.78 is 4.08. The van der Waals surface area contributed by atoms with Crippen molar-refractivity contribution in [2.24, 2.45) is 0 Å².